The summed E-state index contributed by atoms with van der Waals surface area (Å²) in [5.41, 5.74) is 2.83. The molecule has 0 saturated heterocycles. The Balaban J connectivity index is 1.86. The Morgan fingerprint density at radius 3 is 2.06 bits per heavy atom. The molecule has 186 valence electrons. The molecule has 0 aliphatic rings. The van der Waals surface area contributed by atoms with E-state index in [4.69, 9.17) is 4.74 Å². The molecule has 0 heterocycles. The standard InChI is InChI=1S/C27H37NO5S/c1-22-12-18-25(19-13-22)34(31)28(20-8-6-4-5-7-11-26(29)32-2)21-9-10-23-14-16-24(17-15-23)27(30)33-3/h12-19H,4-11,20-21H2,1-3H3. The van der Waals surface area contributed by atoms with Crippen molar-refractivity contribution in [3.05, 3.63) is 65.2 Å². The molecule has 0 aliphatic heterocycles. The molecule has 34 heavy (non-hydrogen) atoms. The van der Waals surface area contributed by atoms with Crippen molar-refractivity contribution in [2.75, 3.05) is 27.3 Å². The van der Waals surface area contributed by atoms with E-state index in [0.29, 0.717) is 12.0 Å². The molecule has 7 heteroatoms. The Labute approximate surface area is 206 Å². The van der Waals surface area contributed by atoms with Gasteiger partial charge in [-0.3, -0.25) is 4.79 Å². The Morgan fingerprint density at radius 1 is 0.794 bits per heavy atom. The van der Waals surface area contributed by atoms with E-state index in [1.165, 1.54) is 14.2 Å². The number of benzene rings is 2. The zero-order chi connectivity index (χ0) is 24.8. The minimum atomic E-state index is -1.20. The van der Waals surface area contributed by atoms with Gasteiger partial charge in [-0.1, -0.05) is 49.1 Å². The van der Waals surface area contributed by atoms with Gasteiger partial charge in [0, 0.05) is 19.5 Å². The van der Waals surface area contributed by atoms with Gasteiger partial charge in [-0.15, -0.1) is 0 Å². The minimum Gasteiger partial charge on any atom is -0.469 e. The fraction of sp³-hybridized carbons (Fsp3) is 0.481. The van der Waals surface area contributed by atoms with Gasteiger partial charge in [0.2, 0.25) is 0 Å². The first kappa shape index (κ1) is 27.7. The number of hydrogen-bond donors (Lipinski definition) is 0. The second kappa shape index (κ2) is 15.4. The van der Waals surface area contributed by atoms with Crippen LogP contribution in [0.25, 0.3) is 0 Å². The number of unbranched alkanes of at least 4 members (excludes halogenated alkanes) is 4. The van der Waals surface area contributed by atoms with Crippen molar-refractivity contribution in [3.8, 4) is 0 Å². The second-order valence-corrected chi connectivity index (χ2v) is 9.86. The van der Waals surface area contributed by atoms with Crippen LogP contribution in [0.15, 0.2) is 53.4 Å². The molecule has 0 spiro atoms. The molecule has 1 atom stereocenters. The third-order valence-corrected chi connectivity index (χ3v) is 7.23. The fourth-order valence-electron chi connectivity index (χ4n) is 3.66. The van der Waals surface area contributed by atoms with E-state index < -0.39 is 11.0 Å². The number of ether oxygens (including phenoxy) is 2. The summed E-state index contributed by atoms with van der Waals surface area (Å²) in [5.74, 6) is -0.490. The number of carbonyl (C=O) groups excluding carboxylic acids is 2. The maximum atomic E-state index is 13.3. The van der Waals surface area contributed by atoms with Crippen LogP contribution in [-0.4, -0.2) is 47.8 Å². The third kappa shape index (κ3) is 9.77. The van der Waals surface area contributed by atoms with Crippen molar-refractivity contribution in [2.24, 2.45) is 0 Å². The zero-order valence-corrected chi connectivity index (χ0v) is 21.4. The van der Waals surface area contributed by atoms with Crippen LogP contribution >= 0.6 is 0 Å². The van der Waals surface area contributed by atoms with Crippen molar-refractivity contribution < 1.29 is 23.3 Å². The third-order valence-electron chi connectivity index (χ3n) is 5.72. The van der Waals surface area contributed by atoms with E-state index in [-0.39, 0.29) is 11.9 Å². The second-order valence-electron chi connectivity index (χ2n) is 8.38. The van der Waals surface area contributed by atoms with Crippen molar-refractivity contribution >= 4 is 22.9 Å². The van der Waals surface area contributed by atoms with Crippen LogP contribution in [0.5, 0.6) is 0 Å². The fourth-order valence-corrected chi connectivity index (χ4v) is 4.91. The molecule has 0 amide bonds. The molecule has 0 radical (unpaired) electrons. The highest BCUT2D eigenvalue weighted by atomic mass is 32.2. The molecule has 0 aliphatic carbocycles. The van der Waals surface area contributed by atoms with Gasteiger partial charge in [-0.2, -0.15) is 0 Å². The minimum absolute atomic E-state index is 0.153. The van der Waals surface area contributed by atoms with Crippen LogP contribution in [0.3, 0.4) is 0 Å². The average Bonchev–Trinajstić information content (AvgIpc) is 2.86. The lowest BCUT2D eigenvalue weighted by Crippen LogP contribution is -2.29. The normalized spacial score (nSPS) is 11.9. The maximum Gasteiger partial charge on any atom is 0.337 e. The lowest BCUT2D eigenvalue weighted by atomic mass is 10.1. The topological polar surface area (TPSA) is 72.9 Å². The molecule has 0 N–H and O–H groups in total. The molecule has 0 aromatic heterocycles. The summed E-state index contributed by atoms with van der Waals surface area (Å²) in [5, 5.41) is 0. The summed E-state index contributed by atoms with van der Waals surface area (Å²) in [6.07, 6.45) is 7.08. The van der Waals surface area contributed by atoms with E-state index in [2.05, 4.69) is 9.04 Å². The van der Waals surface area contributed by atoms with E-state index >= 15 is 0 Å². The molecule has 6 nitrogen and oxygen atoms in total. The first-order chi connectivity index (χ1) is 16.4. The van der Waals surface area contributed by atoms with Crippen molar-refractivity contribution in [1.82, 2.24) is 4.31 Å². The van der Waals surface area contributed by atoms with Gasteiger partial charge in [0.15, 0.2) is 0 Å². The number of nitrogens with zero attached hydrogens (tertiary/aromatic N) is 1. The van der Waals surface area contributed by atoms with E-state index in [1.54, 1.807) is 12.1 Å². The Hall–Kier alpha value is -2.51. The van der Waals surface area contributed by atoms with Crippen LogP contribution in [0.4, 0.5) is 0 Å². The Bertz CT molecular complexity index is 912. The maximum absolute atomic E-state index is 13.3. The van der Waals surface area contributed by atoms with Crippen molar-refractivity contribution in [3.63, 3.8) is 0 Å². The first-order valence-electron chi connectivity index (χ1n) is 11.9. The number of hydrogen-bond acceptors (Lipinski definition) is 5. The van der Waals surface area contributed by atoms with E-state index in [9.17, 15) is 13.8 Å². The van der Waals surface area contributed by atoms with Crippen LogP contribution in [0, 0.1) is 6.92 Å². The quantitative estimate of drug-likeness (QED) is 0.253. The lowest BCUT2D eigenvalue weighted by molar-refractivity contribution is -0.140. The molecular weight excluding hydrogens is 450 g/mol. The predicted octanol–water partition coefficient (Wildman–Crippen LogP) is 5.25. The van der Waals surface area contributed by atoms with Gasteiger partial charge >= 0.3 is 11.9 Å². The number of methoxy groups -OCH3 is 2. The highest BCUT2D eigenvalue weighted by Gasteiger charge is 2.15. The Kier molecular flexibility index (Phi) is 12.6. The zero-order valence-electron chi connectivity index (χ0n) is 20.6. The summed E-state index contributed by atoms with van der Waals surface area (Å²) in [4.78, 5) is 23.6. The largest absolute Gasteiger partial charge is 0.469 e. The Morgan fingerprint density at radius 2 is 1.41 bits per heavy atom. The number of carbonyl (C=O) groups is 2. The number of rotatable bonds is 15. The predicted molar refractivity (Wildman–Crippen MR) is 135 cm³/mol. The monoisotopic (exact) mass is 487 g/mol. The molecule has 2 aromatic rings. The highest BCUT2D eigenvalue weighted by Crippen LogP contribution is 2.16. The summed E-state index contributed by atoms with van der Waals surface area (Å²) < 4.78 is 24.7. The first-order valence-corrected chi connectivity index (χ1v) is 13.0. The molecular formula is C27H37NO5S. The molecule has 0 fully saturated rings. The van der Waals surface area contributed by atoms with Gasteiger partial charge in [0.05, 0.1) is 24.7 Å². The summed E-state index contributed by atoms with van der Waals surface area (Å²) in [6, 6.07) is 15.3. The average molecular weight is 488 g/mol. The van der Waals surface area contributed by atoms with Gasteiger partial charge in [0.1, 0.15) is 11.0 Å². The summed E-state index contributed by atoms with van der Waals surface area (Å²) in [7, 11) is 1.59. The van der Waals surface area contributed by atoms with E-state index in [1.807, 2.05) is 43.3 Å². The van der Waals surface area contributed by atoms with Crippen LogP contribution in [-0.2, 0) is 31.7 Å². The van der Waals surface area contributed by atoms with Gasteiger partial charge in [-0.05, 0) is 62.4 Å². The van der Waals surface area contributed by atoms with Gasteiger partial charge in [0.25, 0.3) is 0 Å². The molecule has 2 aromatic carbocycles. The van der Waals surface area contributed by atoms with E-state index in [0.717, 1.165) is 74.1 Å². The molecule has 0 saturated carbocycles. The van der Waals surface area contributed by atoms with Crippen LogP contribution < -0.4 is 0 Å². The van der Waals surface area contributed by atoms with Gasteiger partial charge < -0.3 is 9.47 Å². The number of esters is 2. The summed E-state index contributed by atoms with van der Waals surface area (Å²) >= 11 is 0. The summed E-state index contributed by atoms with van der Waals surface area (Å²) in [6.45, 7) is 3.51. The van der Waals surface area contributed by atoms with Gasteiger partial charge in [-0.25, -0.2) is 13.3 Å². The smallest absolute Gasteiger partial charge is 0.337 e. The van der Waals surface area contributed by atoms with Crippen molar-refractivity contribution in [1.29, 1.82) is 0 Å². The molecule has 1 unspecified atom stereocenters. The van der Waals surface area contributed by atoms with Crippen LogP contribution in [0.2, 0.25) is 0 Å². The molecule has 2 rings (SSSR count). The SMILES string of the molecule is COC(=O)CCCCCCCN(CCCc1ccc(C(=O)OC)cc1)S(=O)c1ccc(C)cc1. The van der Waals surface area contributed by atoms with Crippen LogP contribution in [0.1, 0.15) is 66.4 Å². The van der Waals surface area contributed by atoms with Crippen molar-refractivity contribution in [2.45, 2.75) is 63.2 Å². The molecule has 0 bridgehead atoms. The lowest BCUT2D eigenvalue weighted by Gasteiger charge is -2.21. The number of aryl methyl sites for hydroxylation is 2. The highest BCUT2D eigenvalue weighted by molar-refractivity contribution is 7.82.